The van der Waals surface area contributed by atoms with Crippen LogP contribution in [0.15, 0.2) is 42.6 Å². The number of nitrogens with zero attached hydrogens (tertiary/aromatic N) is 4. The van der Waals surface area contributed by atoms with E-state index in [-0.39, 0.29) is 0 Å². The molecule has 136 valence electrons. The first-order valence-electron chi connectivity index (χ1n) is 9.36. The lowest BCUT2D eigenvalue weighted by molar-refractivity contribution is 0.726. The Morgan fingerprint density at radius 3 is 2.54 bits per heavy atom. The van der Waals surface area contributed by atoms with Gasteiger partial charge in [0.15, 0.2) is 0 Å². The number of hydrogen-bond donors (Lipinski definition) is 1. The predicted molar refractivity (Wildman–Crippen MR) is 108 cm³/mol. The molecule has 1 saturated heterocycles. The van der Waals surface area contributed by atoms with Gasteiger partial charge in [0.2, 0.25) is 10.3 Å². The second kappa shape index (κ2) is 7.91. The van der Waals surface area contributed by atoms with Crippen LogP contribution in [0.1, 0.15) is 36.9 Å². The van der Waals surface area contributed by atoms with Gasteiger partial charge in [-0.05, 0) is 43.5 Å². The maximum atomic E-state index is 4.46. The summed E-state index contributed by atoms with van der Waals surface area (Å²) in [6.07, 6.45) is 7.23. The Balaban J connectivity index is 1.49. The van der Waals surface area contributed by atoms with Crippen molar-refractivity contribution in [3.05, 3.63) is 53.9 Å². The van der Waals surface area contributed by atoms with Crippen molar-refractivity contribution in [2.75, 3.05) is 23.3 Å². The van der Waals surface area contributed by atoms with Crippen LogP contribution in [0.4, 0.5) is 10.8 Å². The molecule has 4 rings (SSSR count). The SMILES string of the molecule is Cc1ccccc1NCc1cccn1-c1nnc(N2CCCCCC2)s1. The highest BCUT2D eigenvalue weighted by molar-refractivity contribution is 7.17. The Morgan fingerprint density at radius 1 is 0.962 bits per heavy atom. The minimum atomic E-state index is 0.760. The molecule has 0 spiro atoms. The number of rotatable bonds is 5. The quantitative estimate of drug-likeness (QED) is 0.714. The third-order valence-corrected chi connectivity index (χ3v) is 5.91. The fraction of sp³-hybridized carbons (Fsp3) is 0.400. The van der Waals surface area contributed by atoms with Crippen LogP contribution in [0.25, 0.3) is 5.13 Å². The van der Waals surface area contributed by atoms with E-state index in [1.54, 1.807) is 11.3 Å². The average molecular weight is 368 g/mol. The highest BCUT2D eigenvalue weighted by Gasteiger charge is 2.16. The number of aryl methyl sites for hydroxylation is 1. The normalized spacial score (nSPS) is 15.0. The Bertz CT molecular complexity index is 845. The van der Waals surface area contributed by atoms with Gasteiger partial charge in [0.25, 0.3) is 0 Å². The van der Waals surface area contributed by atoms with Crippen molar-refractivity contribution in [1.82, 2.24) is 14.8 Å². The maximum Gasteiger partial charge on any atom is 0.218 e. The van der Waals surface area contributed by atoms with E-state index in [2.05, 4.69) is 74.5 Å². The Hall–Kier alpha value is -2.34. The summed E-state index contributed by atoms with van der Waals surface area (Å²) >= 11 is 1.68. The van der Waals surface area contributed by atoms with Crippen molar-refractivity contribution >= 4 is 22.2 Å². The van der Waals surface area contributed by atoms with Gasteiger partial charge in [-0.3, -0.25) is 4.57 Å². The molecule has 1 aliphatic heterocycles. The number of nitrogens with one attached hydrogen (secondary N) is 1. The molecule has 1 aromatic carbocycles. The molecule has 2 aromatic heterocycles. The minimum Gasteiger partial charge on any atom is -0.379 e. The van der Waals surface area contributed by atoms with Crippen LogP contribution in [-0.4, -0.2) is 27.9 Å². The molecule has 0 aliphatic carbocycles. The van der Waals surface area contributed by atoms with E-state index < -0.39 is 0 Å². The third kappa shape index (κ3) is 3.75. The zero-order valence-electron chi connectivity index (χ0n) is 15.2. The highest BCUT2D eigenvalue weighted by Crippen LogP contribution is 2.27. The summed E-state index contributed by atoms with van der Waals surface area (Å²) in [5.74, 6) is 0. The molecule has 26 heavy (non-hydrogen) atoms. The first-order chi connectivity index (χ1) is 12.8. The van der Waals surface area contributed by atoms with Crippen molar-refractivity contribution in [3.63, 3.8) is 0 Å². The summed E-state index contributed by atoms with van der Waals surface area (Å²) in [4.78, 5) is 2.39. The van der Waals surface area contributed by atoms with Gasteiger partial charge in [-0.1, -0.05) is 42.4 Å². The smallest absolute Gasteiger partial charge is 0.218 e. The molecular weight excluding hydrogens is 342 g/mol. The summed E-state index contributed by atoms with van der Waals surface area (Å²) in [6, 6.07) is 12.6. The second-order valence-corrected chi connectivity index (χ2v) is 7.74. The molecule has 1 N–H and O–H groups in total. The summed E-state index contributed by atoms with van der Waals surface area (Å²) < 4.78 is 2.14. The number of para-hydroxylation sites is 1. The van der Waals surface area contributed by atoms with Gasteiger partial charge in [0.1, 0.15) is 0 Å². The first kappa shape index (κ1) is 17.1. The Labute approximate surface area is 158 Å². The summed E-state index contributed by atoms with van der Waals surface area (Å²) in [5, 5.41) is 14.4. The Morgan fingerprint density at radius 2 is 1.73 bits per heavy atom. The van der Waals surface area contributed by atoms with Crippen molar-refractivity contribution in [2.45, 2.75) is 39.2 Å². The third-order valence-electron chi connectivity index (χ3n) is 4.92. The van der Waals surface area contributed by atoms with E-state index in [1.807, 2.05) is 0 Å². The van der Waals surface area contributed by atoms with Crippen molar-refractivity contribution in [3.8, 4) is 5.13 Å². The molecule has 0 saturated carbocycles. The summed E-state index contributed by atoms with van der Waals surface area (Å²) in [5.41, 5.74) is 3.61. The van der Waals surface area contributed by atoms with Crippen LogP contribution in [0.5, 0.6) is 0 Å². The molecule has 3 aromatic rings. The van der Waals surface area contributed by atoms with E-state index in [4.69, 9.17) is 0 Å². The minimum absolute atomic E-state index is 0.760. The van der Waals surface area contributed by atoms with Crippen molar-refractivity contribution < 1.29 is 0 Å². The van der Waals surface area contributed by atoms with Crippen LogP contribution in [0.2, 0.25) is 0 Å². The molecule has 0 unspecified atom stereocenters. The van der Waals surface area contributed by atoms with Crippen LogP contribution in [0, 0.1) is 6.92 Å². The molecule has 3 heterocycles. The van der Waals surface area contributed by atoms with E-state index in [1.165, 1.54) is 42.6 Å². The molecule has 0 atom stereocenters. The lowest BCUT2D eigenvalue weighted by Crippen LogP contribution is -2.23. The second-order valence-electron chi connectivity index (χ2n) is 6.81. The van der Waals surface area contributed by atoms with Gasteiger partial charge in [-0.2, -0.15) is 0 Å². The standard InChI is InChI=1S/C20H25N5S/c1-16-9-4-5-11-18(16)21-15-17-10-8-14-25(17)20-23-22-19(26-20)24-12-6-2-3-7-13-24/h4-5,8-11,14,21H,2-3,6-7,12-13,15H2,1H3. The van der Waals surface area contributed by atoms with E-state index in [0.717, 1.165) is 29.9 Å². The van der Waals surface area contributed by atoms with E-state index in [9.17, 15) is 0 Å². The largest absolute Gasteiger partial charge is 0.379 e. The molecule has 6 heteroatoms. The van der Waals surface area contributed by atoms with Gasteiger partial charge < -0.3 is 10.2 Å². The van der Waals surface area contributed by atoms with Crippen molar-refractivity contribution in [1.29, 1.82) is 0 Å². The lowest BCUT2D eigenvalue weighted by atomic mass is 10.2. The zero-order valence-corrected chi connectivity index (χ0v) is 16.0. The predicted octanol–water partition coefficient (Wildman–Crippen LogP) is 4.63. The number of hydrogen-bond acceptors (Lipinski definition) is 5. The van der Waals surface area contributed by atoms with Gasteiger partial charge >= 0.3 is 0 Å². The van der Waals surface area contributed by atoms with Crippen LogP contribution < -0.4 is 10.2 Å². The van der Waals surface area contributed by atoms with Gasteiger partial charge in [0, 0.05) is 30.7 Å². The molecular formula is C20H25N5S. The average Bonchev–Trinajstić information content (AvgIpc) is 3.24. The van der Waals surface area contributed by atoms with Crippen LogP contribution in [-0.2, 0) is 6.54 Å². The number of aromatic nitrogens is 3. The van der Waals surface area contributed by atoms with Gasteiger partial charge in [-0.25, -0.2) is 0 Å². The zero-order chi connectivity index (χ0) is 17.8. The van der Waals surface area contributed by atoms with E-state index in [0.29, 0.717) is 0 Å². The topological polar surface area (TPSA) is 46.0 Å². The maximum absolute atomic E-state index is 4.46. The molecule has 1 aliphatic rings. The van der Waals surface area contributed by atoms with Crippen LogP contribution >= 0.6 is 11.3 Å². The molecule has 0 bridgehead atoms. The summed E-state index contributed by atoms with van der Waals surface area (Å²) in [7, 11) is 0. The van der Waals surface area contributed by atoms with Gasteiger partial charge in [0.05, 0.1) is 6.54 Å². The molecule has 1 fully saturated rings. The Kier molecular flexibility index (Phi) is 5.20. The molecule has 5 nitrogen and oxygen atoms in total. The fourth-order valence-corrected chi connectivity index (χ4v) is 4.31. The summed E-state index contributed by atoms with van der Waals surface area (Å²) in [6.45, 7) is 5.08. The number of benzene rings is 1. The number of anilines is 2. The highest BCUT2D eigenvalue weighted by atomic mass is 32.1. The van der Waals surface area contributed by atoms with E-state index >= 15 is 0 Å². The molecule has 0 amide bonds. The molecule has 0 radical (unpaired) electrons. The lowest BCUT2D eigenvalue weighted by Gasteiger charge is -2.17. The first-order valence-corrected chi connectivity index (χ1v) is 10.2. The van der Waals surface area contributed by atoms with Crippen molar-refractivity contribution in [2.24, 2.45) is 0 Å². The van der Waals surface area contributed by atoms with Gasteiger partial charge in [-0.15, -0.1) is 10.2 Å². The monoisotopic (exact) mass is 367 g/mol. The fourth-order valence-electron chi connectivity index (χ4n) is 3.40. The van der Waals surface area contributed by atoms with Crippen LogP contribution in [0.3, 0.4) is 0 Å².